The lowest BCUT2D eigenvalue weighted by Crippen LogP contribution is -1.96. The van der Waals surface area contributed by atoms with Crippen molar-refractivity contribution in [1.29, 1.82) is 0 Å². The molecule has 1 aromatic heterocycles. The summed E-state index contributed by atoms with van der Waals surface area (Å²) < 4.78 is 14.2. The normalized spacial score (nSPS) is 10.7. The van der Waals surface area contributed by atoms with Crippen molar-refractivity contribution in [2.24, 2.45) is 0 Å². The summed E-state index contributed by atoms with van der Waals surface area (Å²) in [5.74, 6) is -1.42. The highest BCUT2D eigenvalue weighted by molar-refractivity contribution is 5.98. The molecular formula is C16H10FNO2. The van der Waals surface area contributed by atoms with Crippen molar-refractivity contribution in [2.45, 2.75) is 0 Å². The number of carboxylic acids is 1. The van der Waals surface area contributed by atoms with Crippen LogP contribution in [0.1, 0.15) is 10.4 Å². The average molecular weight is 267 g/mol. The second-order valence-electron chi connectivity index (χ2n) is 4.41. The van der Waals surface area contributed by atoms with Crippen LogP contribution in [0.15, 0.2) is 54.9 Å². The molecule has 1 heterocycles. The van der Waals surface area contributed by atoms with Crippen LogP contribution >= 0.6 is 0 Å². The minimum Gasteiger partial charge on any atom is -0.478 e. The van der Waals surface area contributed by atoms with Gasteiger partial charge in [-0.1, -0.05) is 12.1 Å². The van der Waals surface area contributed by atoms with Crippen molar-refractivity contribution in [3.63, 3.8) is 0 Å². The molecule has 3 nitrogen and oxygen atoms in total. The lowest BCUT2D eigenvalue weighted by Gasteiger charge is -2.08. The van der Waals surface area contributed by atoms with E-state index >= 15 is 0 Å². The molecule has 3 rings (SSSR count). The van der Waals surface area contributed by atoms with Gasteiger partial charge in [-0.3, -0.25) is 4.98 Å². The predicted octanol–water partition coefficient (Wildman–Crippen LogP) is 3.74. The van der Waals surface area contributed by atoms with E-state index in [-0.39, 0.29) is 11.4 Å². The van der Waals surface area contributed by atoms with Gasteiger partial charge >= 0.3 is 5.97 Å². The molecule has 3 aromatic rings. The summed E-state index contributed by atoms with van der Waals surface area (Å²) in [6.07, 6.45) is 3.24. The summed E-state index contributed by atoms with van der Waals surface area (Å²) in [4.78, 5) is 15.0. The van der Waals surface area contributed by atoms with Gasteiger partial charge < -0.3 is 5.11 Å². The van der Waals surface area contributed by atoms with Gasteiger partial charge in [-0.2, -0.15) is 0 Å². The zero-order valence-corrected chi connectivity index (χ0v) is 10.4. The van der Waals surface area contributed by atoms with Crippen LogP contribution in [0, 0.1) is 5.82 Å². The molecule has 1 N–H and O–H groups in total. The van der Waals surface area contributed by atoms with E-state index in [4.69, 9.17) is 5.11 Å². The van der Waals surface area contributed by atoms with Gasteiger partial charge in [0.1, 0.15) is 5.82 Å². The number of rotatable bonds is 2. The Hall–Kier alpha value is -2.75. The number of pyridine rings is 1. The van der Waals surface area contributed by atoms with Gasteiger partial charge in [-0.05, 0) is 41.3 Å². The molecule has 0 bridgehead atoms. The first-order valence-electron chi connectivity index (χ1n) is 6.03. The topological polar surface area (TPSA) is 50.2 Å². The lowest BCUT2D eigenvalue weighted by atomic mass is 9.97. The summed E-state index contributed by atoms with van der Waals surface area (Å²) in [5, 5.41) is 10.6. The van der Waals surface area contributed by atoms with E-state index in [9.17, 15) is 9.18 Å². The number of benzene rings is 2. The molecule has 0 aliphatic heterocycles. The first-order valence-corrected chi connectivity index (χ1v) is 6.03. The van der Waals surface area contributed by atoms with Crippen LogP contribution in [0.5, 0.6) is 0 Å². The molecule has 0 saturated carbocycles. The van der Waals surface area contributed by atoms with E-state index in [1.54, 1.807) is 36.7 Å². The molecule has 0 aliphatic carbocycles. The van der Waals surface area contributed by atoms with E-state index in [1.807, 2.05) is 0 Å². The van der Waals surface area contributed by atoms with E-state index in [2.05, 4.69) is 4.98 Å². The Balaban J connectivity index is 2.31. The van der Waals surface area contributed by atoms with E-state index in [1.165, 1.54) is 18.2 Å². The van der Waals surface area contributed by atoms with Crippen molar-refractivity contribution < 1.29 is 14.3 Å². The number of hydrogen-bond acceptors (Lipinski definition) is 2. The van der Waals surface area contributed by atoms with Gasteiger partial charge in [0.25, 0.3) is 0 Å². The quantitative estimate of drug-likeness (QED) is 0.769. The molecule has 0 saturated heterocycles. The van der Waals surface area contributed by atoms with Crippen molar-refractivity contribution in [2.75, 3.05) is 0 Å². The van der Waals surface area contributed by atoms with Crippen LogP contribution in [0.25, 0.3) is 21.9 Å². The van der Waals surface area contributed by atoms with Crippen molar-refractivity contribution in [1.82, 2.24) is 4.98 Å². The fourth-order valence-electron chi connectivity index (χ4n) is 2.24. The minimum atomic E-state index is -1.03. The summed E-state index contributed by atoms with van der Waals surface area (Å²) in [5.41, 5.74) is 1.07. The molecular weight excluding hydrogens is 257 g/mol. The second-order valence-corrected chi connectivity index (χ2v) is 4.41. The third-order valence-electron chi connectivity index (χ3n) is 3.17. The molecule has 0 radical (unpaired) electrons. The molecule has 0 unspecified atom stereocenters. The molecule has 20 heavy (non-hydrogen) atoms. The minimum absolute atomic E-state index is 0.132. The Bertz CT molecular complexity index is 814. The highest BCUT2D eigenvalue weighted by Gasteiger charge is 2.12. The van der Waals surface area contributed by atoms with Crippen LogP contribution in [0.2, 0.25) is 0 Å². The van der Waals surface area contributed by atoms with Crippen LogP contribution in [-0.4, -0.2) is 16.1 Å². The number of carboxylic acid groups (broad SMARTS) is 1. The molecule has 4 heteroatoms. The Morgan fingerprint density at radius 1 is 1.15 bits per heavy atom. The number of nitrogens with zero attached hydrogens (tertiary/aromatic N) is 1. The Labute approximate surface area is 114 Å². The van der Waals surface area contributed by atoms with Crippen molar-refractivity contribution in [3.05, 3.63) is 66.2 Å². The van der Waals surface area contributed by atoms with Gasteiger partial charge in [-0.15, -0.1) is 0 Å². The van der Waals surface area contributed by atoms with Crippen LogP contribution in [0.3, 0.4) is 0 Å². The number of aromatic nitrogens is 1. The number of halogens is 1. The van der Waals surface area contributed by atoms with E-state index < -0.39 is 5.97 Å². The number of aromatic carboxylic acids is 1. The fraction of sp³-hybridized carbons (Fsp3) is 0. The van der Waals surface area contributed by atoms with Crippen LogP contribution in [-0.2, 0) is 0 Å². The highest BCUT2D eigenvalue weighted by Crippen LogP contribution is 2.31. The van der Waals surface area contributed by atoms with Gasteiger partial charge in [0.05, 0.1) is 5.56 Å². The van der Waals surface area contributed by atoms with Gasteiger partial charge in [0.2, 0.25) is 0 Å². The Morgan fingerprint density at radius 2 is 2.00 bits per heavy atom. The van der Waals surface area contributed by atoms with E-state index in [0.717, 1.165) is 5.39 Å². The summed E-state index contributed by atoms with van der Waals surface area (Å²) in [6, 6.07) is 11.0. The van der Waals surface area contributed by atoms with Gasteiger partial charge in [0, 0.05) is 23.3 Å². The average Bonchev–Trinajstić information content (AvgIpc) is 2.47. The molecule has 0 spiro atoms. The molecule has 0 aliphatic rings. The highest BCUT2D eigenvalue weighted by atomic mass is 19.1. The fourth-order valence-corrected chi connectivity index (χ4v) is 2.24. The third kappa shape index (κ3) is 2.01. The summed E-state index contributed by atoms with van der Waals surface area (Å²) in [7, 11) is 0. The molecule has 2 aromatic carbocycles. The van der Waals surface area contributed by atoms with Gasteiger partial charge in [0.15, 0.2) is 0 Å². The van der Waals surface area contributed by atoms with Crippen LogP contribution < -0.4 is 0 Å². The maximum absolute atomic E-state index is 14.2. The van der Waals surface area contributed by atoms with Gasteiger partial charge in [-0.25, -0.2) is 9.18 Å². The predicted molar refractivity (Wildman–Crippen MR) is 74.1 cm³/mol. The molecule has 0 amide bonds. The number of fused-ring (bicyclic) bond motifs is 1. The zero-order chi connectivity index (χ0) is 14.1. The number of hydrogen-bond donors (Lipinski definition) is 1. The Kier molecular flexibility index (Phi) is 2.91. The largest absolute Gasteiger partial charge is 0.478 e. The standard InChI is InChI=1S/C16H10FNO2/c17-14-5-4-12-9-18-7-6-13(12)15(14)10-2-1-3-11(8-10)16(19)20/h1-9H,(H,19,20). The molecule has 98 valence electrons. The monoisotopic (exact) mass is 267 g/mol. The third-order valence-corrected chi connectivity index (χ3v) is 3.17. The van der Waals surface area contributed by atoms with Crippen LogP contribution in [0.4, 0.5) is 4.39 Å². The SMILES string of the molecule is O=C(O)c1cccc(-c2c(F)ccc3cnccc23)c1. The van der Waals surface area contributed by atoms with E-state index in [0.29, 0.717) is 16.5 Å². The Morgan fingerprint density at radius 3 is 2.80 bits per heavy atom. The van der Waals surface area contributed by atoms with Crippen molar-refractivity contribution >= 4 is 16.7 Å². The second kappa shape index (κ2) is 4.74. The maximum atomic E-state index is 14.2. The first kappa shape index (κ1) is 12.3. The smallest absolute Gasteiger partial charge is 0.335 e. The summed E-state index contributed by atoms with van der Waals surface area (Å²) in [6.45, 7) is 0. The molecule has 0 fully saturated rings. The first-order chi connectivity index (χ1) is 9.66. The number of carbonyl (C=O) groups is 1. The molecule has 0 atom stereocenters. The van der Waals surface area contributed by atoms with Crippen molar-refractivity contribution in [3.8, 4) is 11.1 Å². The summed E-state index contributed by atoms with van der Waals surface area (Å²) >= 11 is 0. The maximum Gasteiger partial charge on any atom is 0.335 e. The zero-order valence-electron chi connectivity index (χ0n) is 10.4. The lowest BCUT2D eigenvalue weighted by molar-refractivity contribution is 0.0697.